The van der Waals surface area contributed by atoms with Crippen LogP contribution in [0.5, 0.6) is 0 Å². The van der Waals surface area contributed by atoms with Gasteiger partial charge in [-0.3, -0.25) is 0 Å². The normalized spacial score (nSPS) is 11.4. The summed E-state index contributed by atoms with van der Waals surface area (Å²) in [5.74, 6) is 0. The van der Waals surface area contributed by atoms with Crippen LogP contribution in [-0.4, -0.2) is 0 Å². The van der Waals surface area contributed by atoms with Gasteiger partial charge in [-0.05, 0) is 23.0 Å². The lowest BCUT2D eigenvalue weighted by molar-refractivity contribution is 0.349. The molecule has 0 atom stereocenters. The first-order chi connectivity index (χ1) is 6.59. The van der Waals surface area contributed by atoms with Crippen LogP contribution < -0.4 is 0 Å². The summed E-state index contributed by atoms with van der Waals surface area (Å²) in [7, 11) is 0. The predicted molar refractivity (Wildman–Crippen MR) is 64.3 cm³/mol. The molecule has 0 bridgehead atoms. The van der Waals surface area contributed by atoms with Crippen molar-refractivity contribution in [2.24, 2.45) is 5.41 Å². The summed E-state index contributed by atoms with van der Waals surface area (Å²) in [6.07, 6.45) is 4.28. The van der Waals surface area contributed by atoms with Crippen LogP contribution >= 0.6 is 0 Å². The van der Waals surface area contributed by atoms with E-state index in [2.05, 4.69) is 51.6 Å². The van der Waals surface area contributed by atoms with E-state index < -0.39 is 0 Å². The van der Waals surface area contributed by atoms with E-state index in [9.17, 15) is 0 Å². The highest BCUT2D eigenvalue weighted by Gasteiger charge is 2.16. The minimum atomic E-state index is 0.388. The lowest BCUT2D eigenvalue weighted by atomic mass is 9.82. The van der Waals surface area contributed by atoms with E-state index in [4.69, 9.17) is 0 Å². The fourth-order valence-electron chi connectivity index (χ4n) is 1.53. The molecule has 1 aromatic carbocycles. The fourth-order valence-corrected chi connectivity index (χ4v) is 1.53. The Morgan fingerprint density at radius 3 is 2.50 bits per heavy atom. The highest BCUT2D eigenvalue weighted by Crippen LogP contribution is 2.27. The van der Waals surface area contributed by atoms with E-state index in [0.29, 0.717) is 5.41 Å². The summed E-state index contributed by atoms with van der Waals surface area (Å²) in [6.45, 7) is 10.7. The first-order valence-electron chi connectivity index (χ1n) is 5.29. The third-order valence-corrected chi connectivity index (χ3v) is 2.90. The molecule has 0 saturated heterocycles. The Morgan fingerprint density at radius 1 is 1.29 bits per heavy atom. The van der Waals surface area contributed by atoms with Crippen molar-refractivity contribution in [1.82, 2.24) is 0 Å². The van der Waals surface area contributed by atoms with Gasteiger partial charge in [0.25, 0.3) is 0 Å². The van der Waals surface area contributed by atoms with Crippen LogP contribution in [0.15, 0.2) is 30.8 Å². The zero-order chi connectivity index (χ0) is 10.6. The van der Waals surface area contributed by atoms with Crippen molar-refractivity contribution in [3.05, 3.63) is 42.0 Å². The van der Waals surface area contributed by atoms with Gasteiger partial charge in [-0.1, -0.05) is 64.1 Å². The summed E-state index contributed by atoms with van der Waals surface area (Å²) in [5.41, 5.74) is 3.07. The molecule has 76 valence electrons. The van der Waals surface area contributed by atoms with Crippen LogP contribution in [-0.2, 0) is 6.42 Å². The smallest absolute Gasteiger partial charge is 0.0221 e. The van der Waals surface area contributed by atoms with Gasteiger partial charge in [-0.25, -0.2) is 0 Å². The summed E-state index contributed by atoms with van der Waals surface area (Å²) in [4.78, 5) is 0. The number of benzene rings is 1. The molecular weight excluding hydrogens is 168 g/mol. The van der Waals surface area contributed by atoms with Gasteiger partial charge in [0.2, 0.25) is 0 Å². The molecule has 0 aliphatic heterocycles. The molecule has 0 heterocycles. The van der Waals surface area contributed by atoms with Crippen molar-refractivity contribution in [2.45, 2.75) is 33.6 Å². The highest BCUT2D eigenvalue weighted by atomic mass is 14.2. The Morgan fingerprint density at radius 2 is 1.93 bits per heavy atom. The molecule has 0 fully saturated rings. The third kappa shape index (κ3) is 2.73. The van der Waals surface area contributed by atoms with Crippen LogP contribution in [0.1, 0.15) is 38.3 Å². The maximum Gasteiger partial charge on any atom is -0.0221 e. The second kappa shape index (κ2) is 4.45. The zero-order valence-electron chi connectivity index (χ0n) is 9.51. The van der Waals surface area contributed by atoms with Crippen molar-refractivity contribution in [2.75, 3.05) is 0 Å². The minimum absolute atomic E-state index is 0.388. The monoisotopic (exact) mass is 188 g/mol. The molecule has 0 saturated carbocycles. The van der Waals surface area contributed by atoms with Gasteiger partial charge in [0.1, 0.15) is 0 Å². The van der Waals surface area contributed by atoms with Gasteiger partial charge in [0.15, 0.2) is 0 Å². The molecule has 1 rings (SSSR count). The molecule has 0 radical (unpaired) electrons. The molecule has 0 N–H and O–H groups in total. The van der Waals surface area contributed by atoms with Crippen molar-refractivity contribution in [1.29, 1.82) is 0 Å². The highest BCUT2D eigenvalue weighted by molar-refractivity contribution is 5.51. The van der Waals surface area contributed by atoms with E-state index in [1.54, 1.807) is 0 Å². The second-order valence-electron chi connectivity index (χ2n) is 4.60. The van der Waals surface area contributed by atoms with Crippen molar-refractivity contribution in [3.63, 3.8) is 0 Å². The van der Waals surface area contributed by atoms with Crippen molar-refractivity contribution >= 4 is 6.08 Å². The molecule has 0 aliphatic rings. The number of hydrogen-bond donors (Lipinski definition) is 0. The third-order valence-electron chi connectivity index (χ3n) is 2.90. The first kappa shape index (κ1) is 11.0. The van der Waals surface area contributed by atoms with Gasteiger partial charge in [-0.15, -0.1) is 0 Å². The van der Waals surface area contributed by atoms with E-state index in [1.165, 1.54) is 17.5 Å². The molecule has 0 nitrogen and oxygen atoms in total. The Bertz CT molecular complexity index is 308. The molecule has 0 spiro atoms. The average molecular weight is 188 g/mol. The molecular formula is C14H20. The summed E-state index contributed by atoms with van der Waals surface area (Å²) >= 11 is 0. The molecule has 0 unspecified atom stereocenters. The van der Waals surface area contributed by atoms with Gasteiger partial charge >= 0.3 is 0 Å². The molecule has 0 aromatic heterocycles. The Kier molecular flexibility index (Phi) is 3.51. The first-order valence-corrected chi connectivity index (χ1v) is 5.29. The van der Waals surface area contributed by atoms with Crippen molar-refractivity contribution < 1.29 is 0 Å². The van der Waals surface area contributed by atoms with Gasteiger partial charge < -0.3 is 0 Å². The quantitative estimate of drug-likeness (QED) is 0.660. The Labute approximate surface area is 87.7 Å². The number of rotatable bonds is 4. The van der Waals surface area contributed by atoms with Crippen LogP contribution in [0.4, 0.5) is 0 Å². The second-order valence-corrected chi connectivity index (χ2v) is 4.60. The van der Waals surface area contributed by atoms with E-state index >= 15 is 0 Å². The largest absolute Gasteiger partial charge is 0.0985 e. The molecule has 14 heavy (non-hydrogen) atoms. The minimum Gasteiger partial charge on any atom is -0.0985 e. The maximum absolute atomic E-state index is 3.85. The van der Waals surface area contributed by atoms with Gasteiger partial charge in [-0.2, -0.15) is 0 Å². The fraction of sp³-hybridized carbons (Fsp3) is 0.429. The van der Waals surface area contributed by atoms with Gasteiger partial charge in [0.05, 0.1) is 0 Å². The molecule has 0 heteroatoms. The standard InChI is InChI=1S/C14H20/c1-5-12-9-7-8-10-13(12)11-14(3,4)6-2/h5,7-10H,1,6,11H2,2-4H3. The van der Waals surface area contributed by atoms with E-state index in [-0.39, 0.29) is 0 Å². The van der Waals surface area contributed by atoms with Crippen molar-refractivity contribution in [3.8, 4) is 0 Å². The average Bonchev–Trinajstić information content (AvgIpc) is 2.18. The summed E-state index contributed by atoms with van der Waals surface area (Å²) in [5, 5.41) is 0. The lowest BCUT2D eigenvalue weighted by Gasteiger charge is -2.23. The lowest BCUT2D eigenvalue weighted by Crippen LogP contribution is -2.13. The summed E-state index contributed by atoms with van der Waals surface area (Å²) in [6, 6.07) is 8.51. The van der Waals surface area contributed by atoms with Crippen LogP contribution in [0, 0.1) is 5.41 Å². The van der Waals surface area contributed by atoms with E-state index in [0.717, 1.165) is 6.42 Å². The SMILES string of the molecule is C=Cc1ccccc1CC(C)(C)CC. The van der Waals surface area contributed by atoms with Crippen LogP contribution in [0.25, 0.3) is 6.08 Å². The topological polar surface area (TPSA) is 0 Å². The van der Waals surface area contributed by atoms with Gasteiger partial charge in [0, 0.05) is 0 Å². The zero-order valence-corrected chi connectivity index (χ0v) is 9.51. The predicted octanol–water partition coefficient (Wildman–Crippen LogP) is 4.31. The molecule has 0 aliphatic carbocycles. The molecule has 1 aromatic rings. The van der Waals surface area contributed by atoms with Crippen LogP contribution in [0.3, 0.4) is 0 Å². The number of hydrogen-bond acceptors (Lipinski definition) is 0. The van der Waals surface area contributed by atoms with Crippen LogP contribution in [0.2, 0.25) is 0 Å². The maximum atomic E-state index is 3.85. The Balaban J connectivity index is 2.91. The molecule has 0 amide bonds. The Hall–Kier alpha value is -1.04. The summed E-state index contributed by atoms with van der Waals surface area (Å²) < 4.78 is 0. The van der Waals surface area contributed by atoms with E-state index in [1.807, 2.05) is 6.08 Å².